The van der Waals surface area contributed by atoms with Gasteiger partial charge in [0.1, 0.15) is 6.10 Å². The second kappa shape index (κ2) is 4.40. The first kappa shape index (κ1) is 11.4. The molecule has 2 fully saturated rings. The summed E-state index contributed by atoms with van der Waals surface area (Å²) in [4.78, 5) is 0. The van der Waals surface area contributed by atoms with E-state index in [0.717, 1.165) is 12.8 Å². The predicted octanol–water partition coefficient (Wildman–Crippen LogP) is 1.73. The number of hydrogen-bond donors (Lipinski definition) is 1. The summed E-state index contributed by atoms with van der Waals surface area (Å²) in [5.41, 5.74) is 0.303. The van der Waals surface area contributed by atoms with Crippen molar-refractivity contribution in [2.45, 2.75) is 57.3 Å². The van der Waals surface area contributed by atoms with E-state index in [1.54, 1.807) is 7.11 Å². The van der Waals surface area contributed by atoms with Crippen molar-refractivity contribution < 1.29 is 14.6 Å². The zero-order valence-electron chi connectivity index (χ0n) is 9.74. The third-order valence-corrected chi connectivity index (χ3v) is 4.01. The molecule has 1 saturated heterocycles. The SMILES string of the molecule is COC[C@H](O)[C@H]1C[C@@]2(C)CCCC[C@@H]2O1. The molecule has 15 heavy (non-hydrogen) atoms. The van der Waals surface area contributed by atoms with Gasteiger partial charge in [0.25, 0.3) is 0 Å². The molecular weight excluding hydrogens is 192 g/mol. The Balaban J connectivity index is 1.96. The fraction of sp³-hybridized carbons (Fsp3) is 1.00. The first-order valence-corrected chi connectivity index (χ1v) is 5.98. The Morgan fingerprint density at radius 2 is 2.33 bits per heavy atom. The minimum atomic E-state index is -0.461. The molecule has 0 aromatic rings. The molecule has 0 bridgehead atoms. The molecule has 2 rings (SSSR count). The van der Waals surface area contributed by atoms with E-state index >= 15 is 0 Å². The van der Waals surface area contributed by atoms with Crippen LogP contribution in [0.3, 0.4) is 0 Å². The summed E-state index contributed by atoms with van der Waals surface area (Å²) in [6.07, 6.45) is 5.86. The maximum Gasteiger partial charge on any atom is 0.103 e. The van der Waals surface area contributed by atoms with Crippen LogP contribution in [0.5, 0.6) is 0 Å². The molecule has 88 valence electrons. The van der Waals surface area contributed by atoms with E-state index in [1.165, 1.54) is 19.3 Å². The Labute approximate surface area is 91.8 Å². The summed E-state index contributed by atoms with van der Waals surface area (Å²) in [5, 5.41) is 9.86. The minimum absolute atomic E-state index is 0.0157. The highest BCUT2D eigenvalue weighted by atomic mass is 16.5. The smallest absolute Gasteiger partial charge is 0.103 e. The number of ether oxygens (including phenoxy) is 2. The monoisotopic (exact) mass is 214 g/mol. The van der Waals surface area contributed by atoms with Crippen LogP contribution in [0.4, 0.5) is 0 Å². The van der Waals surface area contributed by atoms with Crippen LogP contribution in [0.1, 0.15) is 39.0 Å². The topological polar surface area (TPSA) is 38.7 Å². The van der Waals surface area contributed by atoms with Crippen LogP contribution in [0, 0.1) is 5.41 Å². The molecule has 0 spiro atoms. The van der Waals surface area contributed by atoms with Crippen LogP contribution in [0.15, 0.2) is 0 Å². The van der Waals surface area contributed by atoms with Gasteiger partial charge in [-0.25, -0.2) is 0 Å². The quantitative estimate of drug-likeness (QED) is 0.777. The van der Waals surface area contributed by atoms with Gasteiger partial charge in [0.05, 0.1) is 18.8 Å². The molecule has 3 nitrogen and oxygen atoms in total. The van der Waals surface area contributed by atoms with Gasteiger partial charge in [0.15, 0.2) is 0 Å². The van der Waals surface area contributed by atoms with Crippen molar-refractivity contribution in [2.75, 3.05) is 13.7 Å². The highest BCUT2D eigenvalue weighted by Crippen LogP contribution is 2.48. The van der Waals surface area contributed by atoms with E-state index in [0.29, 0.717) is 18.1 Å². The molecule has 0 unspecified atom stereocenters. The van der Waals surface area contributed by atoms with Gasteiger partial charge in [-0.15, -0.1) is 0 Å². The average molecular weight is 214 g/mol. The molecule has 3 heteroatoms. The van der Waals surface area contributed by atoms with Crippen molar-refractivity contribution in [1.29, 1.82) is 0 Å². The Morgan fingerprint density at radius 1 is 1.53 bits per heavy atom. The van der Waals surface area contributed by atoms with Gasteiger partial charge in [-0.2, -0.15) is 0 Å². The third-order valence-electron chi connectivity index (χ3n) is 4.01. The molecule has 0 amide bonds. The van der Waals surface area contributed by atoms with Crippen LogP contribution < -0.4 is 0 Å². The molecule has 0 radical (unpaired) electrons. The van der Waals surface area contributed by atoms with Gasteiger partial charge in [-0.3, -0.25) is 0 Å². The lowest BCUT2D eigenvalue weighted by Crippen LogP contribution is -2.30. The largest absolute Gasteiger partial charge is 0.388 e. The van der Waals surface area contributed by atoms with Crippen LogP contribution in [0.2, 0.25) is 0 Å². The lowest BCUT2D eigenvalue weighted by molar-refractivity contribution is -0.0722. The number of aliphatic hydroxyl groups excluding tert-OH is 1. The van der Waals surface area contributed by atoms with E-state index < -0.39 is 6.10 Å². The molecule has 1 aliphatic heterocycles. The molecule has 1 N–H and O–H groups in total. The summed E-state index contributed by atoms with van der Waals surface area (Å²) >= 11 is 0. The summed E-state index contributed by atoms with van der Waals surface area (Å²) in [5.74, 6) is 0. The summed E-state index contributed by atoms with van der Waals surface area (Å²) in [7, 11) is 1.62. The zero-order chi connectivity index (χ0) is 10.9. The fourth-order valence-corrected chi connectivity index (χ4v) is 3.06. The minimum Gasteiger partial charge on any atom is -0.388 e. The van der Waals surface area contributed by atoms with E-state index in [2.05, 4.69) is 6.92 Å². The Hall–Kier alpha value is -0.120. The van der Waals surface area contributed by atoms with E-state index in [9.17, 15) is 5.11 Å². The molecular formula is C12H22O3. The second-order valence-corrected chi connectivity index (χ2v) is 5.29. The number of fused-ring (bicyclic) bond motifs is 1. The summed E-state index contributed by atoms with van der Waals surface area (Å²) < 4.78 is 10.9. The predicted molar refractivity (Wildman–Crippen MR) is 57.7 cm³/mol. The lowest BCUT2D eigenvalue weighted by Gasteiger charge is -2.34. The van der Waals surface area contributed by atoms with Crippen molar-refractivity contribution >= 4 is 0 Å². The van der Waals surface area contributed by atoms with Gasteiger partial charge in [0.2, 0.25) is 0 Å². The van der Waals surface area contributed by atoms with Crippen molar-refractivity contribution in [1.82, 2.24) is 0 Å². The summed E-state index contributed by atoms with van der Waals surface area (Å²) in [6, 6.07) is 0. The highest BCUT2D eigenvalue weighted by Gasteiger charge is 2.47. The lowest BCUT2D eigenvalue weighted by atomic mass is 9.72. The number of methoxy groups -OCH3 is 1. The Bertz CT molecular complexity index is 219. The van der Waals surface area contributed by atoms with Gasteiger partial charge in [-0.1, -0.05) is 19.8 Å². The van der Waals surface area contributed by atoms with Crippen molar-refractivity contribution in [3.63, 3.8) is 0 Å². The number of rotatable bonds is 3. The van der Waals surface area contributed by atoms with Crippen LogP contribution in [-0.4, -0.2) is 37.1 Å². The maximum atomic E-state index is 9.86. The maximum absolute atomic E-state index is 9.86. The second-order valence-electron chi connectivity index (χ2n) is 5.29. The Kier molecular flexibility index (Phi) is 3.33. The number of hydrogen-bond acceptors (Lipinski definition) is 3. The van der Waals surface area contributed by atoms with Crippen LogP contribution in [-0.2, 0) is 9.47 Å². The normalized spacial score (nSPS) is 42.6. The van der Waals surface area contributed by atoms with E-state index in [1.807, 2.05) is 0 Å². The van der Waals surface area contributed by atoms with Gasteiger partial charge in [-0.05, 0) is 24.7 Å². The highest BCUT2D eigenvalue weighted by molar-refractivity contribution is 4.96. The van der Waals surface area contributed by atoms with E-state index in [-0.39, 0.29) is 6.10 Å². The first-order valence-electron chi connectivity index (χ1n) is 5.98. The van der Waals surface area contributed by atoms with E-state index in [4.69, 9.17) is 9.47 Å². The summed E-state index contributed by atoms with van der Waals surface area (Å²) in [6.45, 7) is 2.68. The zero-order valence-corrected chi connectivity index (χ0v) is 9.74. The fourth-order valence-electron chi connectivity index (χ4n) is 3.06. The van der Waals surface area contributed by atoms with Crippen molar-refractivity contribution in [2.24, 2.45) is 5.41 Å². The molecule has 1 saturated carbocycles. The number of aliphatic hydroxyl groups is 1. The van der Waals surface area contributed by atoms with Crippen molar-refractivity contribution in [3.05, 3.63) is 0 Å². The van der Waals surface area contributed by atoms with Crippen molar-refractivity contribution in [3.8, 4) is 0 Å². The molecule has 4 atom stereocenters. The first-order chi connectivity index (χ1) is 7.15. The van der Waals surface area contributed by atoms with Gasteiger partial charge < -0.3 is 14.6 Å². The van der Waals surface area contributed by atoms with Crippen LogP contribution in [0.25, 0.3) is 0 Å². The molecule has 1 heterocycles. The van der Waals surface area contributed by atoms with Gasteiger partial charge >= 0.3 is 0 Å². The van der Waals surface area contributed by atoms with Crippen LogP contribution >= 0.6 is 0 Å². The molecule has 2 aliphatic rings. The standard InChI is InChI=1S/C12H22O3/c1-12-6-4-3-5-11(12)15-10(7-12)9(13)8-14-2/h9-11,13H,3-8H2,1-2H3/t9-,10+,11-,12+/m0/s1. The average Bonchev–Trinajstić information content (AvgIpc) is 2.55. The molecule has 0 aromatic heterocycles. The van der Waals surface area contributed by atoms with Gasteiger partial charge in [0, 0.05) is 7.11 Å². The third kappa shape index (κ3) is 2.19. The molecule has 1 aliphatic carbocycles. The Morgan fingerprint density at radius 3 is 3.00 bits per heavy atom. The molecule has 0 aromatic carbocycles.